The number of carbonyl (C=O) groups is 2. The highest BCUT2D eigenvalue weighted by atomic mass is 32.1. The first-order valence-electron chi connectivity index (χ1n) is 15.0. The van der Waals surface area contributed by atoms with Crippen molar-refractivity contribution < 1.29 is 33.7 Å². The van der Waals surface area contributed by atoms with Crippen molar-refractivity contribution in [1.29, 1.82) is 0 Å². The molecule has 6 aromatic rings. The van der Waals surface area contributed by atoms with Crippen molar-refractivity contribution in [1.82, 2.24) is 4.98 Å². The summed E-state index contributed by atoms with van der Waals surface area (Å²) in [4.78, 5) is 50.0. The first-order valence-corrected chi connectivity index (χ1v) is 16.3. The zero-order valence-electron chi connectivity index (χ0n) is 26.9. The van der Waals surface area contributed by atoms with E-state index in [-0.39, 0.29) is 44.4 Å². The summed E-state index contributed by atoms with van der Waals surface area (Å²) in [6, 6.07) is 27.5. The SMILES string of the molecule is COC(=O)c1cc(C(N)=S)ccc1-c1ccccc1[N+](=O)[O-].O=C(O)c1cc(-c2nc(-c3cccc(F)c3)cs2)ccc1-c1ccccc1[N+](=O)[O-]. The number of carboxylic acids is 1. The van der Waals surface area contributed by atoms with Gasteiger partial charge in [-0.3, -0.25) is 20.2 Å². The average Bonchev–Trinajstić information content (AvgIpc) is 3.65. The van der Waals surface area contributed by atoms with Gasteiger partial charge in [0.2, 0.25) is 0 Å². The Hall–Kier alpha value is -6.71. The van der Waals surface area contributed by atoms with Gasteiger partial charge in [-0.25, -0.2) is 19.0 Å². The summed E-state index contributed by atoms with van der Waals surface area (Å²) >= 11 is 6.19. The van der Waals surface area contributed by atoms with Crippen LogP contribution in [0.15, 0.2) is 115 Å². The van der Waals surface area contributed by atoms with Crippen molar-refractivity contribution in [2.24, 2.45) is 5.73 Å². The molecule has 15 heteroatoms. The summed E-state index contributed by atoms with van der Waals surface area (Å²) in [6.45, 7) is 0. The van der Waals surface area contributed by atoms with Gasteiger partial charge in [0.25, 0.3) is 11.4 Å². The summed E-state index contributed by atoms with van der Waals surface area (Å²) in [5, 5.41) is 34.6. The molecule has 0 saturated heterocycles. The number of methoxy groups -OCH3 is 1. The third-order valence-electron chi connectivity index (χ3n) is 7.61. The second-order valence-electron chi connectivity index (χ2n) is 10.8. The van der Waals surface area contributed by atoms with Gasteiger partial charge in [-0.2, -0.15) is 0 Å². The largest absolute Gasteiger partial charge is 0.478 e. The van der Waals surface area contributed by atoms with E-state index >= 15 is 0 Å². The lowest BCUT2D eigenvalue weighted by Gasteiger charge is -2.10. The molecule has 0 atom stereocenters. The van der Waals surface area contributed by atoms with E-state index < -0.39 is 21.8 Å². The highest BCUT2D eigenvalue weighted by Gasteiger charge is 2.23. The quantitative estimate of drug-likeness (QED) is 0.0626. The molecule has 0 aliphatic rings. The predicted octanol–water partition coefficient (Wildman–Crippen LogP) is 8.57. The topological polar surface area (TPSA) is 189 Å². The molecule has 52 heavy (non-hydrogen) atoms. The molecule has 0 saturated carbocycles. The number of carboxylic acid groups (broad SMARTS) is 1. The molecule has 0 bridgehead atoms. The minimum Gasteiger partial charge on any atom is -0.478 e. The van der Waals surface area contributed by atoms with Gasteiger partial charge in [-0.15, -0.1) is 11.3 Å². The Balaban J connectivity index is 0.000000212. The molecule has 0 radical (unpaired) electrons. The Kier molecular flexibility index (Phi) is 11.2. The first-order chi connectivity index (χ1) is 24.9. The van der Waals surface area contributed by atoms with Crippen LogP contribution in [0, 0.1) is 26.0 Å². The number of ether oxygens (including phenoxy) is 1. The number of aromatic nitrogens is 1. The van der Waals surface area contributed by atoms with Crippen LogP contribution in [0.5, 0.6) is 0 Å². The molecule has 0 fully saturated rings. The number of benzene rings is 5. The number of carbonyl (C=O) groups excluding carboxylic acids is 1. The van der Waals surface area contributed by atoms with Gasteiger partial charge in [0.15, 0.2) is 0 Å². The normalized spacial score (nSPS) is 10.4. The van der Waals surface area contributed by atoms with Gasteiger partial charge < -0.3 is 15.6 Å². The molecule has 6 rings (SSSR count). The molecule has 0 aliphatic heterocycles. The van der Waals surface area contributed by atoms with Crippen LogP contribution in [0.2, 0.25) is 0 Å². The van der Waals surface area contributed by atoms with Crippen molar-refractivity contribution in [3.8, 4) is 44.1 Å². The van der Waals surface area contributed by atoms with E-state index in [2.05, 4.69) is 4.98 Å². The lowest BCUT2D eigenvalue weighted by atomic mass is 9.96. The Bertz CT molecular complexity index is 2380. The van der Waals surface area contributed by atoms with Crippen molar-refractivity contribution in [3.05, 3.63) is 157 Å². The van der Waals surface area contributed by atoms with Crippen molar-refractivity contribution in [3.63, 3.8) is 0 Å². The molecule has 260 valence electrons. The van der Waals surface area contributed by atoms with E-state index in [0.29, 0.717) is 38.5 Å². The predicted molar refractivity (Wildman–Crippen MR) is 198 cm³/mol. The van der Waals surface area contributed by atoms with Gasteiger partial charge >= 0.3 is 11.9 Å². The second-order valence-corrected chi connectivity index (χ2v) is 12.1. The monoisotopic (exact) mass is 736 g/mol. The Labute approximate surface area is 303 Å². The molecule has 3 N–H and O–H groups in total. The van der Waals surface area contributed by atoms with E-state index in [1.165, 1.54) is 67.0 Å². The Morgan fingerprint density at radius 1 is 0.788 bits per heavy atom. The average molecular weight is 737 g/mol. The maximum atomic E-state index is 13.5. The molecule has 12 nitrogen and oxygen atoms in total. The van der Waals surface area contributed by atoms with Gasteiger partial charge in [0.1, 0.15) is 15.8 Å². The van der Waals surface area contributed by atoms with Crippen LogP contribution in [-0.4, -0.2) is 44.0 Å². The molecule has 0 aliphatic carbocycles. The minimum atomic E-state index is -1.20. The van der Waals surface area contributed by atoms with Crippen LogP contribution in [0.1, 0.15) is 26.3 Å². The van der Waals surface area contributed by atoms with E-state index in [0.717, 1.165) is 0 Å². The zero-order valence-corrected chi connectivity index (χ0v) is 28.5. The summed E-state index contributed by atoms with van der Waals surface area (Å²) in [5.74, 6) is -2.19. The highest BCUT2D eigenvalue weighted by Crippen LogP contribution is 2.37. The summed E-state index contributed by atoms with van der Waals surface area (Å²) in [6.07, 6.45) is 0. The smallest absolute Gasteiger partial charge is 0.338 e. The fourth-order valence-corrected chi connectivity index (χ4v) is 6.16. The Morgan fingerprint density at radius 2 is 1.38 bits per heavy atom. The number of para-hydroxylation sites is 2. The fraction of sp³-hybridized carbons (Fsp3) is 0.0270. The molecule has 0 unspecified atom stereocenters. The van der Waals surface area contributed by atoms with E-state index in [1.807, 2.05) is 0 Å². The van der Waals surface area contributed by atoms with Crippen LogP contribution in [0.3, 0.4) is 0 Å². The molecule has 1 heterocycles. The summed E-state index contributed by atoms with van der Waals surface area (Å²) in [5.41, 5.74) is 8.82. The van der Waals surface area contributed by atoms with E-state index in [9.17, 15) is 39.3 Å². The van der Waals surface area contributed by atoms with Crippen molar-refractivity contribution >= 4 is 51.9 Å². The maximum Gasteiger partial charge on any atom is 0.338 e. The second kappa shape index (κ2) is 15.9. The highest BCUT2D eigenvalue weighted by molar-refractivity contribution is 7.80. The molecular weight excluding hydrogens is 712 g/mol. The number of aromatic carboxylic acids is 1. The number of nitro benzene ring substituents is 2. The number of rotatable bonds is 9. The molecule has 5 aromatic carbocycles. The number of esters is 1. The van der Waals surface area contributed by atoms with Crippen LogP contribution in [0.4, 0.5) is 15.8 Å². The Morgan fingerprint density at radius 3 is 1.94 bits per heavy atom. The lowest BCUT2D eigenvalue weighted by molar-refractivity contribution is -0.384. The van der Waals surface area contributed by atoms with Crippen LogP contribution in [0.25, 0.3) is 44.1 Å². The molecular formula is C37H25FN4O8S2. The lowest BCUT2D eigenvalue weighted by Crippen LogP contribution is -2.12. The van der Waals surface area contributed by atoms with Gasteiger partial charge in [0, 0.05) is 45.3 Å². The number of thiocarbonyl (C=S) groups is 1. The molecule has 1 aromatic heterocycles. The third-order valence-corrected chi connectivity index (χ3v) is 8.74. The minimum absolute atomic E-state index is 0.0655. The van der Waals surface area contributed by atoms with Crippen LogP contribution < -0.4 is 5.73 Å². The van der Waals surface area contributed by atoms with Crippen LogP contribution in [-0.2, 0) is 4.74 Å². The molecule has 0 spiro atoms. The van der Waals surface area contributed by atoms with Crippen LogP contribution >= 0.6 is 23.6 Å². The third kappa shape index (κ3) is 8.01. The number of hydrogen-bond acceptors (Lipinski definition) is 10. The maximum absolute atomic E-state index is 13.5. The number of halogens is 1. The molecule has 0 amide bonds. The first kappa shape index (κ1) is 36.6. The van der Waals surface area contributed by atoms with Crippen molar-refractivity contribution in [2.75, 3.05) is 7.11 Å². The number of nitrogens with two attached hydrogens (primary N) is 1. The number of hydrogen-bond donors (Lipinski definition) is 2. The standard InChI is InChI=1S/C22H13FN2O4S.C15H12N2O4S/c23-15-5-3-4-13(10-15)19-12-30-21(24-19)14-8-9-16(18(11-14)22(26)27)17-6-1-2-7-20(17)25(28)29;1-21-15(18)12-8-9(14(16)22)6-7-10(12)11-4-2-3-5-13(11)17(19)20/h1-12H,(H,26,27);2-8H,1H3,(H2,16,22). The van der Waals surface area contributed by atoms with Gasteiger partial charge in [0.05, 0.1) is 44.9 Å². The van der Waals surface area contributed by atoms with Gasteiger partial charge in [-0.05, 0) is 36.4 Å². The number of thiazole rings is 1. The summed E-state index contributed by atoms with van der Waals surface area (Å²) < 4.78 is 18.2. The summed E-state index contributed by atoms with van der Waals surface area (Å²) in [7, 11) is 1.24. The number of nitrogens with zero attached hydrogens (tertiary/aromatic N) is 3. The van der Waals surface area contributed by atoms with Crippen molar-refractivity contribution in [2.45, 2.75) is 0 Å². The van der Waals surface area contributed by atoms with E-state index in [4.69, 9.17) is 22.7 Å². The fourth-order valence-electron chi connectivity index (χ4n) is 5.21. The zero-order chi connectivity index (χ0) is 37.5. The number of nitro groups is 2. The van der Waals surface area contributed by atoms with E-state index in [1.54, 1.807) is 66.0 Å². The van der Waals surface area contributed by atoms with Gasteiger partial charge in [-0.1, -0.05) is 72.9 Å².